The number of hydrogen-bond donors (Lipinski definition) is 1. The van der Waals surface area contributed by atoms with Crippen LogP contribution in [0.1, 0.15) is 46.0 Å². The molecule has 1 heterocycles. The molecule has 0 spiro atoms. The van der Waals surface area contributed by atoms with Crippen molar-refractivity contribution in [3.8, 4) is 0 Å². The van der Waals surface area contributed by atoms with Gasteiger partial charge in [-0.1, -0.05) is 13.8 Å². The highest BCUT2D eigenvalue weighted by Gasteiger charge is 2.52. The Morgan fingerprint density at radius 3 is 2.78 bits per heavy atom. The van der Waals surface area contributed by atoms with Gasteiger partial charge in [0.05, 0.1) is 12.7 Å². The van der Waals surface area contributed by atoms with Crippen molar-refractivity contribution in [1.82, 2.24) is 4.90 Å². The van der Waals surface area contributed by atoms with E-state index >= 15 is 0 Å². The molecule has 2 aliphatic carbocycles. The van der Waals surface area contributed by atoms with E-state index in [0.717, 1.165) is 31.5 Å². The molecule has 3 rings (SSSR count). The minimum Gasteiger partial charge on any atom is -0.375 e. The Bertz CT molecular complexity index is 299. The largest absolute Gasteiger partial charge is 0.375 e. The summed E-state index contributed by atoms with van der Waals surface area (Å²) in [6.45, 7) is 7.55. The van der Waals surface area contributed by atoms with E-state index in [-0.39, 0.29) is 0 Å². The highest BCUT2D eigenvalue weighted by molar-refractivity contribution is 5.08. The molecule has 2 unspecified atom stereocenters. The summed E-state index contributed by atoms with van der Waals surface area (Å²) in [6, 6.07) is 0.662. The number of hydrogen-bond acceptors (Lipinski definition) is 3. The molecule has 0 aromatic heterocycles. The third-order valence-electron chi connectivity index (χ3n) is 5.70. The maximum atomic E-state index is 6.16. The lowest BCUT2D eigenvalue weighted by Gasteiger charge is -2.59. The summed E-state index contributed by atoms with van der Waals surface area (Å²) in [5.74, 6) is 1.70. The third kappa shape index (κ3) is 1.91. The fourth-order valence-corrected chi connectivity index (χ4v) is 4.42. The van der Waals surface area contributed by atoms with Crippen molar-refractivity contribution in [2.45, 2.75) is 63.6 Å². The van der Waals surface area contributed by atoms with Crippen molar-refractivity contribution in [2.24, 2.45) is 17.6 Å². The lowest BCUT2D eigenvalue weighted by atomic mass is 9.62. The fourth-order valence-electron chi connectivity index (χ4n) is 4.42. The van der Waals surface area contributed by atoms with E-state index in [1.165, 1.54) is 32.1 Å². The molecule has 0 amide bonds. The Balaban J connectivity index is 1.72. The molecule has 3 fully saturated rings. The van der Waals surface area contributed by atoms with Crippen molar-refractivity contribution < 1.29 is 4.74 Å². The first kappa shape index (κ1) is 12.9. The number of nitrogens with two attached hydrogens (primary N) is 1. The standard InChI is InChI=1S/C15H28N2O/c1-11(2)12-8-15(9-12,10-16)17-6-7-18-14-5-3-4-13(14)17/h11-14H,3-10,16H2,1-2H3. The molecule has 1 saturated heterocycles. The molecule has 3 heteroatoms. The lowest BCUT2D eigenvalue weighted by Crippen LogP contribution is -2.68. The van der Waals surface area contributed by atoms with E-state index in [2.05, 4.69) is 18.7 Å². The van der Waals surface area contributed by atoms with Crippen molar-refractivity contribution in [1.29, 1.82) is 0 Å². The quantitative estimate of drug-likeness (QED) is 0.835. The topological polar surface area (TPSA) is 38.5 Å². The summed E-state index contributed by atoms with van der Waals surface area (Å²) in [5.41, 5.74) is 6.47. The maximum absolute atomic E-state index is 6.16. The van der Waals surface area contributed by atoms with Gasteiger partial charge in [0.15, 0.2) is 0 Å². The Hall–Kier alpha value is -0.120. The van der Waals surface area contributed by atoms with Gasteiger partial charge in [-0.2, -0.15) is 0 Å². The van der Waals surface area contributed by atoms with Crippen LogP contribution in [0.4, 0.5) is 0 Å². The normalized spacial score (nSPS) is 45.0. The molecule has 3 nitrogen and oxygen atoms in total. The van der Waals surface area contributed by atoms with Crippen LogP contribution in [0.25, 0.3) is 0 Å². The van der Waals surface area contributed by atoms with Gasteiger partial charge >= 0.3 is 0 Å². The molecule has 0 radical (unpaired) electrons. The van der Waals surface area contributed by atoms with Gasteiger partial charge in [-0.05, 0) is 43.9 Å². The van der Waals surface area contributed by atoms with Gasteiger partial charge in [0, 0.05) is 24.7 Å². The van der Waals surface area contributed by atoms with Crippen LogP contribution < -0.4 is 5.73 Å². The minimum atomic E-state index is 0.311. The van der Waals surface area contributed by atoms with E-state index in [1.54, 1.807) is 0 Å². The van der Waals surface area contributed by atoms with Gasteiger partial charge < -0.3 is 10.5 Å². The average Bonchev–Trinajstić information content (AvgIpc) is 2.76. The van der Waals surface area contributed by atoms with E-state index in [0.29, 0.717) is 17.7 Å². The van der Waals surface area contributed by atoms with Crippen molar-refractivity contribution >= 4 is 0 Å². The second-order valence-corrected chi connectivity index (χ2v) is 6.94. The second-order valence-electron chi connectivity index (χ2n) is 6.94. The molecule has 104 valence electrons. The van der Waals surface area contributed by atoms with Gasteiger partial charge in [-0.25, -0.2) is 0 Å². The van der Waals surface area contributed by atoms with Gasteiger partial charge in [0.25, 0.3) is 0 Å². The molecule has 18 heavy (non-hydrogen) atoms. The zero-order valence-electron chi connectivity index (χ0n) is 11.9. The van der Waals surface area contributed by atoms with Crippen molar-refractivity contribution in [3.63, 3.8) is 0 Å². The SMILES string of the molecule is CC(C)C1CC(CN)(N2CCOC3CCCC32)C1. The van der Waals surface area contributed by atoms with Crippen LogP contribution in [0, 0.1) is 11.8 Å². The van der Waals surface area contributed by atoms with Gasteiger partial charge in [0.2, 0.25) is 0 Å². The summed E-state index contributed by atoms with van der Waals surface area (Å²) in [6.07, 6.45) is 7.03. The molecule has 0 bridgehead atoms. The molecule has 0 aromatic carbocycles. The van der Waals surface area contributed by atoms with Crippen LogP contribution in [-0.4, -0.2) is 42.3 Å². The number of morpholine rings is 1. The zero-order chi connectivity index (χ0) is 12.8. The van der Waals surface area contributed by atoms with Gasteiger partial charge in [-0.3, -0.25) is 4.90 Å². The van der Waals surface area contributed by atoms with Crippen molar-refractivity contribution in [2.75, 3.05) is 19.7 Å². The molecular formula is C15H28N2O. The van der Waals surface area contributed by atoms with E-state index in [9.17, 15) is 0 Å². The van der Waals surface area contributed by atoms with Crippen molar-refractivity contribution in [3.05, 3.63) is 0 Å². The Morgan fingerprint density at radius 1 is 1.33 bits per heavy atom. The first-order valence-electron chi connectivity index (χ1n) is 7.75. The first-order chi connectivity index (χ1) is 8.66. The van der Waals surface area contributed by atoms with Crippen LogP contribution >= 0.6 is 0 Å². The average molecular weight is 252 g/mol. The second kappa shape index (κ2) is 4.77. The molecule has 2 saturated carbocycles. The minimum absolute atomic E-state index is 0.311. The molecule has 2 N–H and O–H groups in total. The predicted octanol–water partition coefficient (Wildman–Crippen LogP) is 2.00. The fraction of sp³-hybridized carbons (Fsp3) is 1.00. The Labute approximate surface area is 111 Å². The Kier molecular flexibility index (Phi) is 3.41. The lowest BCUT2D eigenvalue weighted by molar-refractivity contribution is -0.136. The van der Waals surface area contributed by atoms with E-state index in [4.69, 9.17) is 10.5 Å². The smallest absolute Gasteiger partial charge is 0.0731 e. The highest BCUT2D eigenvalue weighted by Crippen LogP contribution is 2.48. The summed E-state index contributed by atoms with van der Waals surface area (Å²) >= 11 is 0. The number of ether oxygens (including phenoxy) is 1. The Morgan fingerprint density at radius 2 is 2.11 bits per heavy atom. The van der Waals surface area contributed by atoms with Crippen LogP contribution in [0.5, 0.6) is 0 Å². The van der Waals surface area contributed by atoms with Crippen LogP contribution in [0.2, 0.25) is 0 Å². The summed E-state index contributed by atoms with van der Waals surface area (Å²) in [7, 11) is 0. The monoisotopic (exact) mass is 252 g/mol. The van der Waals surface area contributed by atoms with Crippen LogP contribution in [0.3, 0.4) is 0 Å². The number of nitrogens with zero attached hydrogens (tertiary/aromatic N) is 1. The van der Waals surface area contributed by atoms with Crippen LogP contribution in [0.15, 0.2) is 0 Å². The predicted molar refractivity (Wildman–Crippen MR) is 73.4 cm³/mol. The molecule has 0 aromatic rings. The summed E-state index contributed by atoms with van der Waals surface area (Å²) in [4.78, 5) is 2.74. The third-order valence-corrected chi connectivity index (χ3v) is 5.70. The van der Waals surface area contributed by atoms with Gasteiger partial charge in [-0.15, -0.1) is 0 Å². The highest BCUT2D eigenvalue weighted by atomic mass is 16.5. The number of rotatable bonds is 3. The van der Waals surface area contributed by atoms with Crippen LogP contribution in [-0.2, 0) is 4.74 Å². The summed E-state index contributed by atoms with van der Waals surface area (Å²) in [5, 5.41) is 0. The molecule has 3 aliphatic rings. The molecule has 2 atom stereocenters. The summed E-state index contributed by atoms with van der Waals surface area (Å²) < 4.78 is 5.93. The van der Waals surface area contributed by atoms with E-state index in [1.807, 2.05) is 0 Å². The zero-order valence-corrected chi connectivity index (χ0v) is 11.9. The maximum Gasteiger partial charge on any atom is 0.0731 e. The molecule has 1 aliphatic heterocycles. The van der Waals surface area contributed by atoms with E-state index < -0.39 is 0 Å². The van der Waals surface area contributed by atoms with Gasteiger partial charge in [0.1, 0.15) is 0 Å². The number of fused-ring (bicyclic) bond motifs is 1. The first-order valence-corrected chi connectivity index (χ1v) is 7.75. The molecular weight excluding hydrogens is 224 g/mol.